The average Bonchev–Trinajstić information content (AvgIpc) is 2.39. The van der Waals surface area contributed by atoms with Crippen molar-refractivity contribution in [3.05, 3.63) is 26.2 Å². The molecular weight excluding hydrogens is 384 g/mol. The minimum absolute atomic E-state index is 0.196. The number of carboxylic acid groups (broad SMARTS) is 1. The zero-order valence-corrected chi connectivity index (χ0v) is 14.3. The zero-order chi connectivity index (χ0) is 17.2. The van der Waals surface area contributed by atoms with Crippen LogP contribution in [0.1, 0.15) is 5.56 Å². The summed E-state index contributed by atoms with van der Waals surface area (Å²) in [6.07, 6.45) is 0. The molecule has 22 heavy (non-hydrogen) atoms. The third-order valence-electron chi connectivity index (χ3n) is 2.84. The first-order chi connectivity index (χ1) is 10.0. The van der Waals surface area contributed by atoms with E-state index in [4.69, 9.17) is 9.84 Å². The highest BCUT2D eigenvalue weighted by Crippen LogP contribution is 2.41. The Kier molecular flexibility index (Phi) is 5.49. The lowest BCUT2D eigenvalue weighted by molar-refractivity contribution is -0.386. The maximum atomic E-state index is 12.4. The average molecular weight is 397 g/mol. The summed E-state index contributed by atoms with van der Waals surface area (Å²) in [6.45, 7) is 0.646. The number of carboxylic acids is 1. The zero-order valence-electron chi connectivity index (χ0n) is 11.9. The number of likely N-dealkylation sites (N-methyl/N-ethyl adjacent to an activating group) is 1. The molecule has 0 unspecified atom stereocenters. The molecule has 1 rings (SSSR count). The predicted molar refractivity (Wildman–Crippen MR) is 79.5 cm³/mol. The van der Waals surface area contributed by atoms with Gasteiger partial charge in [0.15, 0.2) is 0 Å². The molecule has 0 aliphatic rings. The number of hydrogen-bond acceptors (Lipinski definition) is 6. The lowest BCUT2D eigenvalue weighted by Crippen LogP contribution is -2.32. The first-order valence-electron chi connectivity index (χ1n) is 5.73. The lowest BCUT2D eigenvalue weighted by Gasteiger charge is -2.18. The summed E-state index contributed by atoms with van der Waals surface area (Å²) < 4.78 is 30.5. The van der Waals surface area contributed by atoms with E-state index in [0.29, 0.717) is 4.31 Å². The fourth-order valence-corrected chi connectivity index (χ4v) is 3.61. The number of ether oxygens (including phenoxy) is 1. The van der Waals surface area contributed by atoms with Crippen LogP contribution in [0.4, 0.5) is 5.69 Å². The van der Waals surface area contributed by atoms with Crippen LogP contribution in [0.3, 0.4) is 0 Å². The van der Waals surface area contributed by atoms with Gasteiger partial charge in [0.1, 0.15) is 11.4 Å². The fraction of sp³-hybridized carbons (Fsp3) is 0.364. The summed E-state index contributed by atoms with van der Waals surface area (Å²) in [5.74, 6) is -1.80. The first-order valence-corrected chi connectivity index (χ1v) is 7.97. The maximum Gasteiger partial charge on any atom is 0.318 e. The molecule has 0 aliphatic heterocycles. The van der Waals surface area contributed by atoms with Gasteiger partial charge in [0.05, 0.1) is 12.0 Å². The Bertz CT molecular complexity index is 732. The molecule has 9 nitrogen and oxygen atoms in total. The highest BCUT2D eigenvalue weighted by atomic mass is 79.9. The Labute approximate surface area is 134 Å². The first kappa shape index (κ1) is 18.3. The van der Waals surface area contributed by atoms with Crippen LogP contribution in [-0.4, -0.2) is 49.4 Å². The molecule has 0 heterocycles. The van der Waals surface area contributed by atoms with Gasteiger partial charge in [-0.1, -0.05) is 15.9 Å². The number of nitro groups is 1. The van der Waals surface area contributed by atoms with Gasteiger partial charge in [0, 0.05) is 17.1 Å². The Morgan fingerprint density at radius 2 is 2.09 bits per heavy atom. The quantitative estimate of drug-likeness (QED) is 0.567. The van der Waals surface area contributed by atoms with Gasteiger partial charge in [-0.05, 0) is 13.0 Å². The Hall–Kier alpha value is -1.72. The van der Waals surface area contributed by atoms with Crippen molar-refractivity contribution in [2.24, 2.45) is 0 Å². The van der Waals surface area contributed by atoms with Crippen molar-refractivity contribution in [3.63, 3.8) is 0 Å². The molecule has 0 fully saturated rings. The van der Waals surface area contributed by atoms with Gasteiger partial charge in [-0.2, -0.15) is 4.31 Å². The summed E-state index contributed by atoms with van der Waals surface area (Å²) in [4.78, 5) is 20.6. The van der Waals surface area contributed by atoms with E-state index in [1.54, 1.807) is 0 Å². The molecule has 0 amide bonds. The van der Waals surface area contributed by atoms with Crippen molar-refractivity contribution in [2.75, 3.05) is 20.7 Å². The molecule has 0 aliphatic carbocycles. The summed E-state index contributed by atoms with van der Waals surface area (Å²) >= 11 is 3.06. The fourth-order valence-electron chi connectivity index (χ4n) is 1.74. The molecular formula is C11H13BrN2O7S. The van der Waals surface area contributed by atoms with Crippen LogP contribution >= 0.6 is 15.9 Å². The van der Waals surface area contributed by atoms with E-state index < -0.39 is 43.8 Å². The second-order valence-electron chi connectivity index (χ2n) is 4.28. The van der Waals surface area contributed by atoms with Crippen molar-refractivity contribution in [2.45, 2.75) is 11.8 Å². The van der Waals surface area contributed by atoms with E-state index in [9.17, 15) is 23.3 Å². The van der Waals surface area contributed by atoms with Gasteiger partial charge < -0.3 is 9.84 Å². The normalized spacial score (nSPS) is 11.5. The highest BCUT2D eigenvalue weighted by Gasteiger charge is 2.33. The third kappa shape index (κ3) is 3.36. The smallest absolute Gasteiger partial charge is 0.318 e. The SMILES string of the molecule is COc1c(S(=O)(=O)N(C)CC(=O)O)cc(Br)c(C)c1[N+](=O)[O-]. The van der Waals surface area contributed by atoms with Crippen LogP contribution in [-0.2, 0) is 14.8 Å². The molecule has 1 aromatic rings. The van der Waals surface area contributed by atoms with Crippen LogP contribution in [0.2, 0.25) is 0 Å². The number of nitrogens with zero attached hydrogens (tertiary/aromatic N) is 2. The maximum absolute atomic E-state index is 12.4. The Balaban J connectivity index is 3.67. The Morgan fingerprint density at radius 3 is 2.50 bits per heavy atom. The van der Waals surface area contributed by atoms with Gasteiger partial charge in [0.25, 0.3) is 0 Å². The van der Waals surface area contributed by atoms with Crippen molar-refractivity contribution in [1.82, 2.24) is 4.31 Å². The van der Waals surface area contributed by atoms with Gasteiger partial charge in [-0.15, -0.1) is 0 Å². The Morgan fingerprint density at radius 1 is 1.55 bits per heavy atom. The lowest BCUT2D eigenvalue weighted by atomic mass is 10.2. The molecule has 0 aromatic heterocycles. The minimum atomic E-state index is -4.28. The molecule has 0 radical (unpaired) electrons. The number of hydrogen-bond donors (Lipinski definition) is 1. The van der Waals surface area contributed by atoms with Gasteiger partial charge in [0.2, 0.25) is 15.8 Å². The second kappa shape index (κ2) is 6.58. The van der Waals surface area contributed by atoms with E-state index in [0.717, 1.165) is 20.2 Å². The van der Waals surface area contributed by atoms with E-state index in [2.05, 4.69) is 15.9 Å². The van der Waals surface area contributed by atoms with Crippen LogP contribution in [0.25, 0.3) is 0 Å². The molecule has 1 aromatic carbocycles. The van der Waals surface area contributed by atoms with Gasteiger partial charge in [-0.25, -0.2) is 8.42 Å². The molecule has 0 atom stereocenters. The largest absolute Gasteiger partial charge is 0.489 e. The van der Waals surface area contributed by atoms with Crippen LogP contribution < -0.4 is 4.74 Å². The summed E-state index contributed by atoms with van der Waals surface area (Å²) in [5, 5.41) is 19.9. The van der Waals surface area contributed by atoms with E-state index in [1.807, 2.05) is 0 Å². The topological polar surface area (TPSA) is 127 Å². The van der Waals surface area contributed by atoms with E-state index in [-0.39, 0.29) is 10.0 Å². The number of sulfonamides is 1. The van der Waals surface area contributed by atoms with Crippen molar-refractivity contribution in [3.8, 4) is 5.75 Å². The number of carbonyl (C=O) groups is 1. The predicted octanol–water partition coefficient (Wildman–Crippen LogP) is 1.38. The van der Waals surface area contributed by atoms with Gasteiger partial charge >= 0.3 is 11.7 Å². The van der Waals surface area contributed by atoms with Crippen LogP contribution in [0, 0.1) is 17.0 Å². The molecule has 11 heteroatoms. The van der Waals surface area contributed by atoms with Gasteiger partial charge in [-0.3, -0.25) is 14.9 Å². The third-order valence-corrected chi connectivity index (χ3v) is 5.48. The van der Waals surface area contributed by atoms with Crippen LogP contribution in [0.5, 0.6) is 5.75 Å². The number of nitro benzene ring substituents is 1. The number of rotatable bonds is 6. The number of halogens is 1. The molecule has 122 valence electrons. The van der Waals surface area contributed by atoms with Crippen molar-refractivity contribution < 1.29 is 28.0 Å². The molecule has 0 bridgehead atoms. The van der Waals surface area contributed by atoms with Crippen molar-refractivity contribution >= 4 is 37.6 Å². The van der Waals surface area contributed by atoms with Crippen LogP contribution in [0.15, 0.2) is 15.4 Å². The minimum Gasteiger partial charge on any atom is -0.489 e. The monoisotopic (exact) mass is 396 g/mol. The van der Waals surface area contributed by atoms with E-state index in [1.165, 1.54) is 6.92 Å². The number of aliphatic carboxylic acids is 1. The number of benzene rings is 1. The highest BCUT2D eigenvalue weighted by molar-refractivity contribution is 9.10. The van der Waals surface area contributed by atoms with E-state index >= 15 is 0 Å². The molecule has 0 saturated heterocycles. The molecule has 0 spiro atoms. The second-order valence-corrected chi connectivity index (χ2v) is 7.14. The number of methoxy groups -OCH3 is 1. The summed E-state index contributed by atoms with van der Waals surface area (Å²) in [6, 6.07) is 1.15. The summed E-state index contributed by atoms with van der Waals surface area (Å²) in [7, 11) is -2.12. The summed E-state index contributed by atoms with van der Waals surface area (Å²) in [5.41, 5.74) is -0.305. The molecule has 1 N–H and O–H groups in total. The molecule has 0 saturated carbocycles. The standard InChI is InChI=1S/C11H13BrN2O7S/c1-6-7(12)4-8(11(21-3)10(6)14(17)18)22(19,20)13(2)5-9(15)16/h4H,5H2,1-3H3,(H,15,16). The van der Waals surface area contributed by atoms with Crippen molar-refractivity contribution in [1.29, 1.82) is 0 Å².